The van der Waals surface area contributed by atoms with Crippen molar-refractivity contribution >= 4 is 5.96 Å². The first kappa shape index (κ1) is 22.5. The molecule has 6 heteroatoms. The van der Waals surface area contributed by atoms with E-state index in [1.54, 1.807) is 7.11 Å². The molecule has 1 aliphatic rings. The van der Waals surface area contributed by atoms with E-state index in [2.05, 4.69) is 70.5 Å². The van der Waals surface area contributed by atoms with Crippen LogP contribution in [-0.4, -0.2) is 75.2 Å². The predicted molar refractivity (Wildman–Crippen MR) is 118 cm³/mol. The van der Waals surface area contributed by atoms with Crippen molar-refractivity contribution < 1.29 is 4.74 Å². The second-order valence-electron chi connectivity index (χ2n) is 7.44. The Morgan fingerprint density at radius 2 is 1.71 bits per heavy atom. The van der Waals surface area contributed by atoms with E-state index in [4.69, 9.17) is 4.74 Å². The van der Waals surface area contributed by atoms with Crippen LogP contribution in [0.5, 0.6) is 5.75 Å². The van der Waals surface area contributed by atoms with E-state index in [0.717, 1.165) is 51.0 Å². The summed E-state index contributed by atoms with van der Waals surface area (Å²) in [5, 5.41) is 7.04. The molecule has 2 unspecified atom stereocenters. The van der Waals surface area contributed by atoms with Gasteiger partial charge in [0.2, 0.25) is 0 Å². The molecule has 0 saturated carbocycles. The maximum Gasteiger partial charge on any atom is 0.191 e. The zero-order chi connectivity index (χ0) is 20.4. The van der Waals surface area contributed by atoms with Crippen LogP contribution >= 0.6 is 0 Å². The monoisotopic (exact) mass is 389 g/mol. The first-order valence-electron chi connectivity index (χ1n) is 10.7. The quantitative estimate of drug-likeness (QED) is 0.476. The fourth-order valence-electron chi connectivity index (χ4n) is 3.97. The molecule has 1 heterocycles. The summed E-state index contributed by atoms with van der Waals surface area (Å²) in [6.07, 6.45) is 2.56. The third kappa shape index (κ3) is 6.38. The Labute approximate surface area is 171 Å². The number of hydrogen-bond donors (Lipinski definition) is 2. The SMILES string of the molecule is CCN(CC)C(C)CNC(=NC)NCC(c1ccc(OC)cc1)N1CCCC1. The smallest absolute Gasteiger partial charge is 0.191 e. The summed E-state index contributed by atoms with van der Waals surface area (Å²) in [5.41, 5.74) is 1.32. The van der Waals surface area contributed by atoms with Crippen molar-refractivity contribution in [1.29, 1.82) is 0 Å². The largest absolute Gasteiger partial charge is 0.497 e. The number of guanidine groups is 1. The van der Waals surface area contributed by atoms with Crippen molar-refractivity contribution in [1.82, 2.24) is 20.4 Å². The van der Waals surface area contributed by atoms with E-state index in [1.807, 2.05) is 7.05 Å². The molecule has 28 heavy (non-hydrogen) atoms. The highest BCUT2D eigenvalue weighted by Gasteiger charge is 2.24. The molecule has 2 rings (SSSR count). The van der Waals surface area contributed by atoms with Crippen molar-refractivity contribution in [3.05, 3.63) is 29.8 Å². The molecule has 0 aliphatic carbocycles. The molecule has 0 radical (unpaired) electrons. The van der Waals surface area contributed by atoms with Crippen LogP contribution in [-0.2, 0) is 0 Å². The molecular formula is C22H39N5O. The van der Waals surface area contributed by atoms with Gasteiger partial charge in [0.05, 0.1) is 13.2 Å². The highest BCUT2D eigenvalue weighted by atomic mass is 16.5. The van der Waals surface area contributed by atoms with Gasteiger partial charge in [-0.25, -0.2) is 0 Å². The van der Waals surface area contributed by atoms with Gasteiger partial charge in [0.25, 0.3) is 0 Å². The molecule has 1 saturated heterocycles. The number of nitrogens with one attached hydrogen (secondary N) is 2. The normalized spacial score (nSPS) is 17.6. The number of rotatable bonds is 10. The summed E-state index contributed by atoms with van der Waals surface area (Å²) in [5.74, 6) is 1.77. The Morgan fingerprint density at radius 3 is 2.25 bits per heavy atom. The van der Waals surface area contributed by atoms with Crippen LogP contribution in [0, 0.1) is 0 Å². The Hall–Kier alpha value is -1.79. The van der Waals surface area contributed by atoms with Gasteiger partial charge in [-0.3, -0.25) is 14.8 Å². The number of aliphatic imine (C=N–C) groups is 1. The third-order valence-corrected chi connectivity index (χ3v) is 5.77. The molecule has 1 aromatic carbocycles. The lowest BCUT2D eigenvalue weighted by Crippen LogP contribution is -2.47. The van der Waals surface area contributed by atoms with E-state index in [1.165, 1.54) is 18.4 Å². The van der Waals surface area contributed by atoms with Gasteiger partial charge < -0.3 is 15.4 Å². The number of likely N-dealkylation sites (tertiary alicyclic amines) is 1. The summed E-state index contributed by atoms with van der Waals surface area (Å²) in [6, 6.07) is 9.29. The van der Waals surface area contributed by atoms with E-state index < -0.39 is 0 Å². The first-order valence-corrected chi connectivity index (χ1v) is 10.7. The number of hydrogen-bond acceptors (Lipinski definition) is 4. The number of likely N-dealkylation sites (N-methyl/N-ethyl adjacent to an activating group) is 1. The van der Waals surface area contributed by atoms with Gasteiger partial charge in [0, 0.05) is 26.2 Å². The molecule has 1 aliphatic heterocycles. The van der Waals surface area contributed by atoms with Crippen molar-refractivity contribution in [3.8, 4) is 5.75 Å². The Bertz CT molecular complexity index is 579. The summed E-state index contributed by atoms with van der Waals surface area (Å²) >= 11 is 0. The molecule has 1 aromatic rings. The lowest BCUT2D eigenvalue weighted by atomic mass is 10.1. The van der Waals surface area contributed by atoms with Crippen LogP contribution in [0.1, 0.15) is 45.2 Å². The molecule has 1 fully saturated rings. The fourth-order valence-corrected chi connectivity index (χ4v) is 3.97. The van der Waals surface area contributed by atoms with Crippen molar-refractivity contribution in [2.24, 2.45) is 4.99 Å². The number of ether oxygens (including phenoxy) is 1. The molecule has 2 N–H and O–H groups in total. The Morgan fingerprint density at radius 1 is 1.11 bits per heavy atom. The molecule has 0 aromatic heterocycles. The van der Waals surface area contributed by atoms with Gasteiger partial charge in [0.15, 0.2) is 5.96 Å². The standard InChI is InChI=1S/C22H39N5O/c1-6-26(7-2)18(3)16-24-22(23-4)25-17-21(27-14-8-9-15-27)19-10-12-20(28-5)13-11-19/h10-13,18,21H,6-9,14-17H2,1-5H3,(H2,23,24,25). The zero-order valence-corrected chi connectivity index (χ0v) is 18.4. The van der Waals surface area contributed by atoms with Gasteiger partial charge >= 0.3 is 0 Å². The van der Waals surface area contributed by atoms with Gasteiger partial charge in [-0.2, -0.15) is 0 Å². The van der Waals surface area contributed by atoms with Crippen LogP contribution in [0.25, 0.3) is 0 Å². The van der Waals surface area contributed by atoms with E-state index >= 15 is 0 Å². The highest BCUT2D eigenvalue weighted by Crippen LogP contribution is 2.26. The predicted octanol–water partition coefficient (Wildman–Crippen LogP) is 2.73. The minimum atomic E-state index is 0.340. The van der Waals surface area contributed by atoms with Crippen LogP contribution in [0.2, 0.25) is 0 Å². The Balaban J connectivity index is 1.96. The van der Waals surface area contributed by atoms with Crippen LogP contribution in [0.4, 0.5) is 0 Å². The summed E-state index contributed by atoms with van der Waals surface area (Å²) < 4.78 is 5.32. The van der Waals surface area contributed by atoms with Gasteiger partial charge in [0.1, 0.15) is 5.75 Å². The zero-order valence-electron chi connectivity index (χ0n) is 18.4. The first-order chi connectivity index (χ1) is 13.6. The van der Waals surface area contributed by atoms with E-state index in [-0.39, 0.29) is 0 Å². The minimum Gasteiger partial charge on any atom is -0.497 e. The molecular weight excluding hydrogens is 350 g/mol. The fraction of sp³-hybridized carbons (Fsp3) is 0.682. The third-order valence-electron chi connectivity index (χ3n) is 5.77. The molecule has 0 spiro atoms. The van der Waals surface area contributed by atoms with Crippen molar-refractivity contribution in [2.45, 2.75) is 45.7 Å². The average Bonchev–Trinajstić information content (AvgIpc) is 3.26. The molecule has 2 atom stereocenters. The molecule has 158 valence electrons. The summed E-state index contributed by atoms with van der Waals surface area (Å²) in [4.78, 5) is 9.45. The molecule has 6 nitrogen and oxygen atoms in total. The Kier molecular flexibility index (Phi) is 9.58. The minimum absolute atomic E-state index is 0.340. The second-order valence-corrected chi connectivity index (χ2v) is 7.44. The summed E-state index contributed by atoms with van der Waals surface area (Å²) in [6.45, 7) is 12.9. The van der Waals surface area contributed by atoms with Gasteiger partial charge in [-0.05, 0) is 63.6 Å². The topological polar surface area (TPSA) is 52.1 Å². The second kappa shape index (κ2) is 11.9. The maximum absolute atomic E-state index is 5.32. The lowest BCUT2D eigenvalue weighted by molar-refractivity contribution is 0.230. The van der Waals surface area contributed by atoms with Crippen molar-refractivity contribution in [3.63, 3.8) is 0 Å². The number of nitrogens with zero attached hydrogens (tertiary/aromatic N) is 3. The van der Waals surface area contributed by atoms with Crippen LogP contribution < -0.4 is 15.4 Å². The van der Waals surface area contributed by atoms with Crippen LogP contribution in [0.15, 0.2) is 29.3 Å². The molecule has 0 amide bonds. The highest BCUT2D eigenvalue weighted by molar-refractivity contribution is 5.79. The number of benzene rings is 1. The number of methoxy groups -OCH3 is 1. The van der Waals surface area contributed by atoms with Gasteiger partial charge in [-0.15, -0.1) is 0 Å². The van der Waals surface area contributed by atoms with Gasteiger partial charge in [-0.1, -0.05) is 26.0 Å². The average molecular weight is 390 g/mol. The molecule has 0 bridgehead atoms. The van der Waals surface area contributed by atoms with Crippen molar-refractivity contribution in [2.75, 3.05) is 53.4 Å². The maximum atomic E-state index is 5.32. The van der Waals surface area contributed by atoms with E-state index in [0.29, 0.717) is 12.1 Å². The van der Waals surface area contributed by atoms with E-state index in [9.17, 15) is 0 Å². The lowest BCUT2D eigenvalue weighted by Gasteiger charge is -2.30. The van der Waals surface area contributed by atoms with Crippen LogP contribution in [0.3, 0.4) is 0 Å². The summed E-state index contributed by atoms with van der Waals surface area (Å²) in [7, 11) is 3.55.